The predicted molar refractivity (Wildman–Crippen MR) is 77.5 cm³/mol. The van der Waals surface area contributed by atoms with E-state index in [2.05, 4.69) is 47.1 Å². The SMILES string of the molecule is C=CCNC1(C#N)CCCN(Cc2ccccc2)C1. The summed E-state index contributed by atoms with van der Waals surface area (Å²) < 4.78 is 0. The number of piperidine rings is 1. The molecule has 0 spiro atoms. The average molecular weight is 255 g/mol. The van der Waals surface area contributed by atoms with Gasteiger partial charge in [-0.05, 0) is 24.9 Å². The summed E-state index contributed by atoms with van der Waals surface area (Å²) in [7, 11) is 0. The standard InChI is InChI=1S/C16H21N3/c1-2-10-18-16(13-17)9-6-11-19(14-16)12-15-7-4-3-5-8-15/h2-5,7-8,18H,1,6,9-12,14H2. The largest absolute Gasteiger partial charge is 0.296 e. The van der Waals surface area contributed by atoms with Gasteiger partial charge < -0.3 is 0 Å². The van der Waals surface area contributed by atoms with Crippen LogP contribution in [-0.2, 0) is 6.54 Å². The summed E-state index contributed by atoms with van der Waals surface area (Å²) >= 11 is 0. The lowest BCUT2D eigenvalue weighted by Crippen LogP contribution is -2.55. The molecule has 1 aromatic rings. The lowest BCUT2D eigenvalue weighted by atomic mass is 9.90. The molecule has 2 rings (SSSR count). The number of nitrogens with zero attached hydrogens (tertiary/aromatic N) is 2. The highest BCUT2D eigenvalue weighted by Crippen LogP contribution is 2.22. The zero-order valence-electron chi connectivity index (χ0n) is 11.3. The Hall–Kier alpha value is -1.63. The summed E-state index contributed by atoms with van der Waals surface area (Å²) in [4.78, 5) is 2.36. The molecule has 0 radical (unpaired) electrons. The number of rotatable bonds is 5. The fourth-order valence-corrected chi connectivity index (χ4v) is 2.66. The van der Waals surface area contributed by atoms with Crippen molar-refractivity contribution >= 4 is 0 Å². The maximum atomic E-state index is 9.48. The molecule has 1 N–H and O–H groups in total. The molecule has 0 saturated carbocycles. The summed E-state index contributed by atoms with van der Waals surface area (Å²) in [5, 5.41) is 12.8. The van der Waals surface area contributed by atoms with Crippen LogP contribution in [0.5, 0.6) is 0 Å². The molecule has 1 atom stereocenters. The fraction of sp³-hybridized carbons (Fsp3) is 0.438. The van der Waals surface area contributed by atoms with Gasteiger partial charge in [0.2, 0.25) is 0 Å². The lowest BCUT2D eigenvalue weighted by Gasteiger charge is -2.38. The molecule has 19 heavy (non-hydrogen) atoms. The first-order valence-electron chi connectivity index (χ1n) is 6.81. The van der Waals surface area contributed by atoms with E-state index in [-0.39, 0.29) is 0 Å². The summed E-state index contributed by atoms with van der Waals surface area (Å²) in [6.07, 6.45) is 3.79. The van der Waals surface area contributed by atoms with Crippen molar-refractivity contribution in [1.29, 1.82) is 5.26 Å². The van der Waals surface area contributed by atoms with Gasteiger partial charge in [0.1, 0.15) is 5.54 Å². The topological polar surface area (TPSA) is 39.1 Å². The van der Waals surface area contributed by atoms with Crippen molar-refractivity contribution in [2.45, 2.75) is 24.9 Å². The minimum absolute atomic E-state index is 0.415. The van der Waals surface area contributed by atoms with Crippen molar-refractivity contribution in [3.63, 3.8) is 0 Å². The highest BCUT2D eigenvalue weighted by atomic mass is 15.2. The summed E-state index contributed by atoms with van der Waals surface area (Å²) in [5.41, 5.74) is 0.890. The number of nitrogens with one attached hydrogen (secondary N) is 1. The van der Waals surface area contributed by atoms with Crippen molar-refractivity contribution in [3.05, 3.63) is 48.6 Å². The minimum Gasteiger partial charge on any atom is -0.296 e. The van der Waals surface area contributed by atoms with E-state index in [4.69, 9.17) is 0 Å². The monoisotopic (exact) mass is 255 g/mol. The van der Waals surface area contributed by atoms with Crippen LogP contribution in [0.1, 0.15) is 18.4 Å². The molecule has 0 amide bonds. The average Bonchev–Trinajstić information content (AvgIpc) is 2.46. The van der Waals surface area contributed by atoms with Gasteiger partial charge in [0, 0.05) is 19.6 Å². The smallest absolute Gasteiger partial charge is 0.119 e. The summed E-state index contributed by atoms with van der Waals surface area (Å²) in [5.74, 6) is 0. The molecule has 100 valence electrons. The Morgan fingerprint density at radius 2 is 2.21 bits per heavy atom. The van der Waals surface area contributed by atoms with E-state index < -0.39 is 5.54 Å². The van der Waals surface area contributed by atoms with E-state index >= 15 is 0 Å². The Kier molecular flexibility index (Phi) is 4.73. The second-order valence-electron chi connectivity index (χ2n) is 5.16. The number of hydrogen-bond acceptors (Lipinski definition) is 3. The first-order valence-corrected chi connectivity index (χ1v) is 6.81. The van der Waals surface area contributed by atoms with Crippen LogP contribution >= 0.6 is 0 Å². The minimum atomic E-state index is -0.415. The van der Waals surface area contributed by atoms with Gasteiger partial charge in [0.05, 0.1) is 6.07 Å². The van der Waals surface area contributed by atoms with Gasteiger partial charge >= 0.3 is 0 Å². The van der Waals surface area contributed by atoms with E-state index in [0.717, 1.165) is 32.5 Å². The van der Waals surface area contributed by atoms with Crippen molar-refractivity contribution < 1.29 is 0 Å². The van der Waals surface area contributed by atoms with E-state index in [1.54, 1.807) is 0 Å². The number of nitriles is 1. The van der Waals surface area contributed by atoms with Crippen molar-refractivity contribution in [1.82, 2.24) is 10.2 Å². The van der Waals surface area contributed by atoms with Crippen LogP contribution in [-0.4, -0.2) is 30.1 Å². The van der Waals surface area contributed by atoms with E-state index in [0.29, 0.717) is 6.54 Å². The van der Waals surface area contributed by atoms with Crippen LogP contribution in [0.4, 0.5) is 0 Å². The van der Waals surface area contributed by atoms with Crippen molar-refractivity contribution in [2.24, 2.45) is 0 Å². The molecule has 1 heterocycles. The zero-order valence-corrected chi connectivity index (χ0v) is 11.3. The third kappa shape index (κ3) is 3.66. The van der Waals surface area contributed by atoms with Gasteiger partial charge in [0.15, 0.2) is 0 Å². The molecule has 0 aromatic heterocycles. The van der Waals surface area contributed by atoms with Gasteiger partial charge in [-0.15, -0.1) is 6.58 Å². The third-order valence-electron chi connectivity index (χ3n) is 3.62. The molecule has 1 aliphatic rings. The van der Waals surface area contributed by atoms with E-state index in [9.17, 15) is 5.26 Å². The molecule has 3 heteroatoms. The quantitative estimate of drug-likeness (QED) is 0.821. The first-order chi connectivity index (χ1) is 9.28. The number of benzene rings is 1. The highest BCUT2D eigenvalue weighted by molar-refractivity contribution is 5.16. The Morgan fingerprint density at radius 3 is 2.89 bits per heavy atom. The Labute approximate surface area is 115 Å². The van der Waals surface area contributed by atoms with Gasteiger partial charge in [-0.25, -0.2) is 0 Å². The molecule has 0 bridgehead atoms. The van der Waals surface area contributed by atoms with Gasteiger partial charge in [0.25, 0.3) is 0 Å². The molecule has 1 saturated heterocycles. The molecule has 1 unspecified atom stereocenters. The predicted octanol–water partition coefficient (Wildman–Crippen LogP) is 2.32. The van der Waals surface area contributed by atoms with E-state index in [1.165, 1.54) is 5.56 Å². The molecule has 1 aromatic carbocycles. The molecule has 1 fully saturated rings. The van der Waals surface area contributed by atoms with Gasteiger partial charge in [-0.2, -0.15) is 5.26 Å². The Bertz CT molecular complexity index is 449. The summed E-state index contributed by atoms with van der Waals surface area (Å²) in [6.45, 7) is 7.16. The van der Waals surface area contributed by atoms with Crippen LogP contribution < -0.4 is 5.32 Å². The second-order valence-corrected chi connectivity index (χ2v) is 5.16. The maximum absolute atomic E-state index is 9.48. The lowest BCUT2D eigenvalue weighted by molar-refractivity contribution is 0.151. The first kappa shape index (κ1) is 13.8. The number of hydrogen-bond donors (Lipinski definition) is 1. The van der Waals surface area contributed by atoms with Gasteiger partial charge in [-0.1, -0.05) is 36.4 Å². The summed E-state index contributed by atoms with van der Waals surface area (Å²) in [6, 6.07) is 12.9. The molecule has 3 nitrogen and oxygen atoms in total. The van der Waals surface area contributed by atoms with Crippen LogP contribution in [0.2, 0.25) is 0 Å². The Morgan fingerprint density at radius 1 is 1.42 bits per heavy atom. The van der Waals surface area contributed by atoms with Crippen LogP contribution in [0.15, 0.2) is 43.0 Å². The van der Waals surface area contributed by atoms with Gasteiger partial charge in [-0.3, -0.25) is 10.2 Å². The molecular weight excluding hydrogens is 234 g/mol. The normalized spacial score (nSPS) is 23.7. The molecule has 1 aliphatic heterocycles. The van der Waals surface area contributed by atoms with Crippen LogP contribution in [0.3, 0.4) is 0 Å². The van der Waals surface area contributed by atoms with Crippen LogP contribution in [0, 0.1) is 11.3 Å². The number of likely N-dealkylation sites (tertiary alicyclic amines) is 1. The Balaban J connectivity index is 2.00. The molecule has 0 aliphatic carbocycles. The van der Waals surface area contributed by atoms with Crippen LogP contribution in [0.25, 0.3) is 0 Å². The zero-order chi connectivity index (χ0) is 13.6. The molecular formula is C16H21N3. The maximum Gasteiger partial charge on any atom is 0.119 e. The van der Waals surface area contributed by atoms with E-state index in [1.807, 2.05) is 12.1 Å². The second kappa shape index (κ2) is 6.51. The third-order valence-corrected chi connectivity index (χ3v) is 3.62. The highest BCUT2D eigenvalue weighted by Gasteiger charge is 2.34. The fourth-order valence-electron chi connectivity index (χ4n) is 2.66. The van der Waals surface area contributed by atoms with Crippen molar-refractivity contribution in [2.75, 3.05) is 19.6 Å². The van der Waals surface area contributed by atoms with Crippen molar-refractivity contribution in [3.8, 4) is 6.07 Å².